The second kappa shape index (κ2) is 6.76. The zero-order valence-corrected chi connectivity index (χ0v) is 13.8. The largest absolute Gasteiger partial charge is 0.465 e. The Morgan fingerprint density at radius 1 is 1.28 bits per heavy atom. The number of carbonyl (C=O) groups excluding carboxylic acids is 2. The van der Waals surface area contributed by atoms with Gasteiger partial charge in [0.1, 0.15) is 11.6 Å². The summed E-state index contributed by atoms with van der Waals surface area (Å²) >= 11 is 0. The molecule has 0 fully saturated rings. The van der Waals surface area contributed by atoms with Gasteiger partial charge in [-0.15, -0.1) is 0 Å². The highest BCUT2D eigenvalue weighted by Gasteiger charge is 2.29. The first kappa shape index (κ1) is 16.7. The summed E-state index contributed by atoms with van der Waals surface area (Å²) in [5.41, 5.74) is 13.7. The zero-order chi connectivity index (χ0) is 18.0. The Hall–Kier alpha value is -3.16. The maximum atomic E-state index is 12.3. The maximum Gasteiger partial charge on any atom is 0.337 e. The van der Waals surface area contributed by atoms with Crippen molar-refractivity contribution in [1.29, 1.82) is 0 Å². The Morgan fingerprint density at radius 3 is 2.68 bits per heavy atom. The quantitative estimate of drug-likeness (QED) is 0.711. The van der Waals surface area contributed by atoms with Crippen LogP contribution in [0.1, 0.15) is 27.9 Å². The van der Waals surface area contributed by atoms with Crippen molar-refractivity contribution in [2.75, 3.05) is 23.9 Å². The predicted octanol–water partition coefficient (Wildman–Crippen LogP) is 1.17. The van der Waals surface area contributed by atoms with E-state index in [0.29, 0.717) is 36.5 Å². The van der Waals surface area contributed by atoms with Crippen LogP contribution in [0.4, 0.5) is 17.6 Å². The molecule has 0 saturated carbocycles. The molecule has 0 radical (unpaired) electrons. The Kier molecular flexibility index (Phi) is 4.51. The van der Waals surface area contributed by atoms with Crippen LogP contribution >= 0.6 is 0 Å². The molecular weight excluding hydrogens is 322 g/mol. The van der Waals surface area contributed by atoms with Crippen molar-refractivity contribution in [2.45, 2.75) is 19.3 Å². The average molecular weight is 341 g/mol. The highest BCUT2D eigenvalue weighted by molar-refractivity contribution is 5.95. The number of hydrogen-bond acceptors (Lipinski definition) is 7. The van der Waals surface area contributed by atoms with Crippen molar-refractivity contribution in [1.82, 2.24) is 9.97 Å². The van der Waals surface area contributed by atoms with Gasteiger partial charge >= 0.3 is 5.97 Å². The number of amides is 1. The number of nitrogen functional groups attached to an aromatic ring is 2. The lowest BCUT2D eigenvalue weighted by atomic mass is 9.89. The first-order valence-electron chi connectivity index (χ1n) is 7.88. The van der Waals surface area contributed by atoms with Crippen LogP contribution in [0, 0.1) is 5.92 Å². The van der Waals surface area contributed by atoms with Crippen LogP contribution in [0.25, 0.3) is 0 Å². The molecule has 1 aliphatic heterocycles. The number of benzene rings is 1. The van der Waals surface area contributed by atoms with Crippen LogP contribution in [0.5, 0.6) is 0 Å². The lowest BCUT2D eigenvalue weighted by Gasteiger charge is -2.24. The van der Waals surface area contributed by atoms with E-state index < -0.39 is 0 Å². The van der Waals surface area contributed by atoms with Crippen molar-refractivity contribution in [3.05, 3.63) is 41.0 Å². The summed E-state index contributed by atoms with van der Waals surface area (Å²) in [6.07, 6.45) is 1.82. The number of aryl methyl sites for hydroxylation is 1. The van der Waals surface area contributed by atoms with Crippen LogP contribution < -0.4 is 16.8 Å². The van der Waals surface area contributed by atoms with Crippen LogP contribution in [-0.2, 0) is 22.4 Å². The molecule has 1 aliphatic rings. The molecule has 5 N–H and O–H groups in total. The van der Waals surface area contributed by atoms with Gasteiger partial charge in [0.05, 0.1) is 12.7 Å². The lowest BCUT2D eigenvalue weighted by molar-refractivity contribution is -0.120. The topological polar surface area (TPSA) is 133 Å². The summed E-state index contributed by atoms with van der Waals surface area (Å²) in [6.45, 7) is 0. The second-order valence-electron chi connectivity index (χ2n) is 5.91. The van der Waals surface area contributed by atoms with Gasteiger partial charge in [0.2, 0.25) is 11.9 Å². The highest BCUT2D eigenvalue weighted by Crippen LogP contribution is 2.30. The molecule has 1 aromatic carbocycles. The molecule has 1 aromatic heterocycles. The van der Waals surface area contributed by atoms with Gasteiger partial charge in [0.15, 0.2) is 0 Å². The van der Waals surface area contributed by atoms with E-state index >= 15 is 0 Å². The first-order chi connectivity index (χ1) is 12.0. The van der Waals surface area contributed by atoms with Crippen LogP contribution in [0.15, 0.2) is 24.3 Å². The minimum atomic E-state index is -0.371. The van der Waals surface area contributed by atoms with Crippen molar-refractivity contribution < 1.29 is 14.3 Å². The molecule has 1 amide bonds. The predicted molar refractivity (Wildman–Crippen MR) is 92.8 cm³/mol. The van der Waals surface area contributed by atoms with E-state index in [1.807, 2.05) is 12.1 Å². The monoisotopic (exact) mass is 341 g/mol. The zero-order valence-electron chi connectivity index (χ0n) is 13.8. The van der Waals surface area contributed by atoms with E-state index in [0.717, 1.165) is 11.1 Å². The molecule has 1 atom stereocenters. The molecule has 3 rings (SSSR count). The van der Waals surface area contributed by atoms with Gasteiger partial charge < -0.3 is 21.5 Å². The number of nitrogens with one attached hydrogen (secondary N) is 1. The number of nitrogens with two attached hydrogens (primary N) is 2. The fraction of sp³-hybridized carbons (Fsp3) is 0.294. The van der Waals surface area contributed by atoms with Crippen LogP contribution in [0.2, 0.25) is 0 Å². The van der Waals surface area contributed by atoms with Gasteiger partial charge in [-0.05, 0) is 37.0 Å². The molecule has 8 heteroatoms. The van der Waals surface area contributed by atoms with Crippen molar-refractivity contribution in [2.24, 2.45) is 5.92 Å². The lowest BCUT2D eigenvalue weighted by Crippen LogP contribution is -2.32. The van der Waals surface area contributed by atoms with Gasteiger partial charge in [-0.2, -0.15) is 9.97 Å². The van der Waals surface area contributed by atoms with Gasteiger partial charge in [0, 0.05) is 11.5 Å². The third-order valence-electron chi connectivity index (χ3n) is 4.28. The molecular formula is C17H19N5O3. The van der Waals surface area contributed by atoms with E-state index in [-0.39, 0.29) is 23.7 Å². The summed E-state index contributed by atoms with van der Waals surface area (Å²) in [6, 6.07) is 7.15. The molecule has 2 heterocycles. The van der Waals surface area contributed by atoms with E-state index in [1.165, 1.54) is 7.11 Å². The summed E-state index contributed by atoms with van der Waals surface area (Å²) in [5.74, 6) is 0.0485. The van der Waals surface area contributed by atoms with Crippen LogP contribution in [0.3, 0.4) is 0 Å². The number of anilines is 3. The first-order valence-corrected chi connectivity index (χ1v) is 7.88. The third kappa shape index (κ3) is 3.52. The standard InChI is InChI=1S/C17H19N5O3/c1-25-16(24)10-5-2-9(3-6-10)4-7-11-8-12-13(18)20-17(19)22-14(12)21-15(11)23/h2-3,5-6,11H,4,7-8H2,1H3,(H5,18,19,20,21,22,23). The third-order valence-corrected chi connectivity index (χ3v) is 4.28. The fourth-order valence-electron chi connectivity index (χ4n) is 2.88. The number of hydrogen-bond donors (Lipinski definition) is 3. The normalized spacial score (nSPS) is 16.0. The average Bonchev–Trinajstić information content (AvgIpc) is 2.60. The molecule has 0 saturated heterocycles. The molecule has 8 nitrogen and oxygen atoms in total. The van der Waals surface area contributed by atoms with E-state index in [1.54, 1.807) is 12.1 Å². The summed E-state index contributed by atoms with van der Waals surface area (Å²) in [4.78, 5) is 31.7. The smallest absolute Gasteiger partial charge is 0.337 e. The molecule has 1 unspecified atom stereocenters. The maximum absolute atomic E-state index is 12.3. The second-order valence-corrected chi connectivity index (χ2v) is 5.91. The number of carbonyl (C=O) groups is 2. The Labute approximate surface area is 144 Å². The molecule has 2 aromatic rings. The summed E-state index contributed by atoms with van der Waals surface area (Å²) in [5, 5.41) is 2.75. The molecule has 25 heavy (non-hydrogen) atoms. The minimum absolute atomic E-state index is 0.0423. The summed E-state index contributed by atoms with van der Waals surface area (Å²) < 4.78 is 4.67. The Bertz CT molecular complexity index is 820. The Morgan fingerprint density at radius 2 is 2.00 bits per heavy atom. The van der Waals surface area contributed by atoms with E-state index in [2.05, 4.69) is 20.0 Å². The number of methoxy groups -OCH3 is 1. The van der Waals surface area contributed by atoms with Crippen molar-refractivity contribution in [3.8, 4) is 0 Å². The number of rotatable bonds is 4. The Balaban J connectivity index is 1.67. The summed E-state index contributed by atoms with van der Waals surface area (Å²) in [7, 11) is 1.35. The minimum Gasteiger partial charge on any atom is -0.465 e. The molecule has 0 bridgehead atoms. The number of nitrogens with zero attached hydrogens (tertiary/aromatic N) is 2. The van der Waals surface area contributed by atoms with Crippen molar-refractivity contribution in [3.63, 3.8) is 0 Å². The van der Waals surface area contributed by atoms with E-state index in [4.69, 9.17) is 11.5 Å². The van der Waals surface area contributed by atoms with Gasteiger partial charge in [-0.25, -0.2) is 4.79 Å². The fourth-order valence-corrected chi connectivity index (χ4v) is 2.88. The van der Waals surface area contributed by atoms with Crippen LogP contribution in [-0.4, -0.2) is 29.0 Å². The van der Waals surface area contributed by atoms with Gasteiger partial charge in [0.25, 0.3) is 0 Å². The van der Waals surface area contributed by atoms with Gasteiger partial charge in [-0.1, -0.05) is 12.1 Å². The molecule has 130 valence electrons. The highest BCUT2D eigenvalue weighted by atomic mass is 16.5. The number of ether oxygens (including phenoxy) is 1. The molecule has 0 aliphatic carbocycles. The number of fused-ring (bicyclic) bond motifs is 1. The number of aromatic nitrogens is 2. The number of esters is 1. The SMILES string of the molecule is COC(=O)c1ccc(CCC2Cc3c(N)nc(N)nc3NC2=O)cc1. The van der Waals surface area contributed by atoms with E-state index in [9.17, 15) is 9.59 Å². The molecule has 0 spiro atoms. The van der Waals surface area contributed by atoms with Crippen molar-refractivity contribution >= 4 is 29.5 Å². The van der Waals surface area contributed by atoms with Gasteiger partial charge in [-0.3, -0.25) is 4.79 Å².